The molecule has 0 fully saturated rings. The number of guanidine groups is 1. The predicted molar refractivity (Wildman–Crippen MR) is 89.1 cm³/mol. The average molecular weight is 310 g/mol. The highest BCUT2D eigenvalue weighted by atomic mass is 16.5. The second kappa shape index (κ2) is 11.1. The Morgan fingerprint density at radius 3 is 2.73 bits per heavy atom. The maximum atomic E-state index is 5.52. The number of unbranched alkanes of at least 4 members (excludes halogenated alkanes) is 1. The second-order valence-corrected chi connectivity index (χ2v) is 5.54. The van der Waals surface area contributed by atoms with Gasteiger partial charge in [-0.05, 0) is 18.8 Å². The van der Waals surface area contributed by atoms with Gasteiger partial charge in [0.15, 0.2) is 11.7 Å². The molecule has 0 spiro atoms. The molecule has 0 saturated heterocycles. The first-order chi connectivity index (χ1) is 10.7. The third-order valence-corrected chi connectivity index (χ3v) is 3.22. The van der Waals surface area contributed by atoms with E-state index >= 15 is 0 Å². The summed E-state index contributed by atoms with van der Waals surface area (Å²) in [5.41, 5.74) is 0.976. The first kappa shape index (κ1) is 18.5. The van der Waals surface area contributed by atoms with Crippen LogP contribution in [0.1, 0.15) is 57.4 Å². The standard InChI is InChI=1S/C16H30N4O2/c1-5-6-9-21-10-7-8-18-16(17-4)19-12-14-11-15(13(2)3)20-22-14/h11,13H,5-10,12H2,1-4H3,(H2,17,18,19). The first-order valence-electron chi connectivity index (χ1n) is 8.15. The summed E-state index contributed by atoms with van der Waals surface area (Å²) in [5, 5.41) is 10.5. The van der Waals surface area contributed by atoms with Gasteiger partial charge in [-0.1, -0.05) is 32.3 Å². The zero-order chi connectivity index (χ0) is 16.2. The van der Waals surface area contributed by atoms with E-state index in [1.165, 1.54) is 6.42 Å². The smallest absolute Gasteiger partial charge is 0.191 e. The van der Waals surface area contributed by atoms with Crippen LogP contribution in [0.2, 0.25) is 0 Å². The molecule has 0 aliphatic heterocycles. The zero-order valence-corrected chi connectivity index (χ0v) is 14.3. The van der Waals surface area contributed by atoms with Crippen LogP contribution in [0, 0.1) is 0 Å². The maximum Gasteiger partial charge on any atom is 0.191 e. The minimum atomic E-state index is 0.377. The summed E-state index contributed by atoms with van der Waals surface area (Å²) in [6.07, 6.45) is 3.27. The number of nitrogens with one attached hydrogen (secondary N) is 2. The molecule has 126 valence electrons. The number of rotatable bonds is 10. The monoisotopic (exact) mass is 310 g/mol. The fraction of sp³-hybridized carbons (Fsp3) is 0.750. The van der Waals surface area contributed by atoms with Crippen molar-refractivity contribution in [1.82, 2.24) is 15.8 Å². The van der Waals surface area contributed by atoms with E-state index in [0.717, 1.165) is 50.0 Å². The number of nitrogens with zero attached hydrogens (tertiary/aromatic N) is 2. The van der Waals surface area contributed by atoms with Crippen molar-refractivity contribution < 1.29 is 9.26 Å². The van der Waals surface area contributed by atoms with Crippen molar-refractivity contribution in [3.05, 3.63) is 17.5 Å². The molecular formula is C16H30N4O2. The number of aromatic nitrogens is 1. The van der Waals surface area contributed by atoms with Gasteiger partial charge < -0.3 is 19.9 Å². The van der Waals surface area contributed by atoms with Crippen LogP contribution in [-0.4, -0.2) is 37.9 Å². The van der Waals surface area contributed by atoms with Gasteiger partial charge in [0.1, 0.15) is 0 Å². The van der Waals surface area contributed by atoms with Crippen molar-refractivity contribution in [2.45, 2.75) is 52.5 Å². The Kier molecular flexibility index (Phi) is 9.30. The number of hydrogen-bond donors (Lipinski definition) is 2. The Morgan fingerprint density at radius 2 is 2.09 bits per heavy atom. The Bertz CT molecular complexity index is 430. The van der Waals surface area contributed by atoms with E-state index in [4.69, 9.17) is 9.26 Å². The van der Waals surface area contributed by atoms with Gasteiger partial charge in [0.25, 0.3) is 0 Å². The van der Waals surface area contributed by atoms with Crippen LogP contribution in [0.4, 0.5) is 0 Å². The van der Waals surface area contributed by atoms with Gasteiger partial charge in [-0.15, -0.1) is 0 Å². The second-order valence-electron chi connectivity index (χ2n) is 5.54. The fourth-order valence-electron chi connectivity index (χ4n) is 1.81. The van der Waals surface area contributed by atoms with Gasteiger partial charge in [0.05, 0.1) is 12.2 Å². The highest BCUT2D eigenvalue weighted by Gasteiger charge is 2.07. The van der Waals surface area contributed by atoms with E-state index in [1.54, 1.807) is 7.05 Å². The Morgan fingerprint density at radius 1 is 1.32 bits per heavy atom. The molecule has 1 rings (SSSR count). The van der Waals surface area contributed by atoms with Crippen molar-refractivity contribution in [2.24, 2.45) is 4.99 Å². The average Bonchev–Trinajstić information content (AvgIpc) is 2.98. The first-order valence-corrected chi connectivity index (χ1v) is 8.15. The van der Waals surface area contributed by atoms with Crippen LogP contribution in [0.15, 0.2) is 15.6 Å². The maximum absolute atomic E-state index is 5.52. The summed E-state index contributed by atoms with van der Waals surface area (Å²) in [6, 6.07) is 1.98. The van der Waals surface area contributed by atoms with Gasteiger partial charge in [0.2, 0.25) is 0 Å². The van der Waals surface area contributed by atoms with Crippen LogP contribution in [0.5, 0.6) is 0 Å². The predicted octanol–water partition coefficient (Wildman–Crippen LogP) is 2.67. The van der Waals surface area contributed by atoms with Crippen molar-refractivity contribution in [1.29, 1.82) is 0 Å². The number of ether oxygens (including phenoxy) is 1. The summed E-state index contributed by atoms with van der Waals surface area (Å²) in [6.45, 7) is 9.40. The Labute approximate surface area is 133 Å². The van der Waals surface area contributed by atoms with Crippen LogP contribution in [-0.2, 0) is 11.3 Å². The lowest BCUT2D eigenvalue weighted by Gasteiger charge is -2.10. The van der Waals surface area contributed by atoms with Gasteiger partial charge >= 0.3 is 0 Å². The lowest BCUT2D eigenvalue weighted by Crippen LogP contribution is -2.37. The summed E-state index contributed by atoms with van der Waals surface area (Å²) in [5.74, 6) is 1.95. The molecule has 0 amide bonds. The molecule has 0 bridgehead atoms. The van der Waals surface area contributed by atoms with E-state index in [2.05, 4.69) is 41.6 Å². The molecule has 6 heteroatoms. The third kappa shape index (κ3) is 7.45. The lowest BCUT2D eigenvalue weighted by molar-refractivity contribution is 0.129. The van der Waals surface area contributed by atoms with Gasteiger partial charge in [-0.25, -0.2) is 0 Å². The summed E-state index contributed by atoms with van der Waals surface area (Å²) >= 11 is 0. The van der Waals surface area contributed by atoms with Crippen LogP contribution < -0.4 is 10.6 Å². The van der Waals surface area contributed by atoms with E-state index in [9.17, 15) is 0 Å². The molecule has 0 aliphatic carbocycles. The highest BCUT2D eigenvalue weighted by molar-refractivity contribution is 5.79. The van der Waals surface area contributed by atoms with Crippen LogP contribution in [0.3, 0.4) is 0 Å². The molecule has 0 atom stereocenters. The minimum absolute atomic E-state index is 0.377. The van der Waals surface area contributed by atoms with Crippen molar-refractivity contribution in [3.8, 4) is 0 Å². The quantitative estimate of drug-likeness (QED) is 0.395. The molecule has 0 aliphatic rings. The van der Waals surface area contributed by atoms with Gasteiger partial charge in [0, 0.05) is 32.9 Å². The van der Waals surface area contributed by atoms with E-state index < -0.39 is 0 Å². The molecule has 0 saturated carbocycles. The highest BCUT2D eigenvalue weighted by Crippen LogP contribution is 2.13. The lowest BCUT2D eigenvalue weighted by atomic mass is 10.1. The normalized spacial score (nSPS) is 12.0. The Hall–Kier alpha value is -1.56. The molecule has 1 aromatic rings. The molecule has 0 aromatic carbocycles. The SMILES string of the molecule is CCCCOCCCNC(=NC)NCc1cc(C(C)C)no1. The summed E-state index contributed by atoms with van der Waals surface area (Å²) in [7, 11) is 1.76. The van der Waals surface area contributed by atoms with Gasteiger partial charge in [-0.3, -0.25) is 4.99 Å². The molecule has 1 heterocycles. The molecule has 0 unspecified atom stereocenters. The third-order valence-electron chi connectivity index (χ3n) is 3.22. The van der Waals surface area contributed by atoms with Crippen LogP contribution >= 0.6 is 0 Å². The molecule has 1 aromatic heterocycles. The van der Waals surface area contributed by atoms with E-state index in [0.29, 0.717) is 12.5 Å². The van der Waals surface area contributed by atoms with Crippen molar-refractivity contribution >= 4 is 5.96 Å². The van der Waals surface area contributed by atoms with Crippen molar-refractivity contribution in [3.63, 3.8) is 0 Å². The molecule has 2 N–H and O–H groups in total. The summed E-state index contributed by atoms with van der Waals surface area (Å²) in [4.78, 5) is 4.18. The topological polar surface area (TPSA) is 71.7 Å². The van der Waals surface area contributed by atoms with Crippen LogP contribution in [0.25, 0.3) is 0 Å². The number of aliphatic imine (C=N–C) groups is 1. The number of hydrogen-bond acceptors (Lipinski definition) is 4. The summed E-state index contributed by atoms with van der Waals surface area (Å²) < 4.78 is 10.8. The minimum Gasteiger partial charge on any atom is -0.381 e. The van der Waals surface area contributed by atoms with Crippen molar-refractivity contribution in [2.75, 3.05) is 26.8 Å². The molecule has 0 radical (unpaired) electrons. The van der Waals surface area contributed by atoms with Gasteiger partial charge in [-0.2, -0.15) is 0 Å². The molecular weight excluding hydrogens is 280 g/mol. The molecule has 22 heavy (non-hydrogen) atoms. The van der Waals surface area contributed by atoms with E-state index in [-0.39, 0.29) is 0 Å². The Balaban J connectivity index is 2.16. The van der Waals surface area contributed by atoms with E-state index in [1.807, 2.05) is 6.07 Å². The fourth-order valence-corrected chi connectivity index (χ4v) is 1.81. The zero-order valence-electron chi connectivity index (χ0n) is 14.3. The largest absolute Gasteiger partial charge is 0.381 e. The molecule has 6 nitrogen and oxygen atoms in total.